The van der Waals surface area contributed by atoms with E-state index < -0.39 is 81.5 Å². The zero-order valence-corrected chi connectivity index (χ0v) is 23.5. The molecule has 2 fully saturated rings. The van der Waals surface area contributed by atoms with Crippen molar-refractivity contribution in [2.24, 2.45) is 0 Å². The Morgan fingerprint density at radius 2 is 1.41 bits per heavy atom. The van der Waals surface area contributed by atoms with E-state index in [-0.39, 0.29) is 18.3 Å². The van der Waals surface area contributed by atoms with Gasteiger partial charge in [0.2, 0.25) is 0 Å². The molecular weight excluding hydrogens is 512 g/mol. The molecule has 0 amide bonds. The molecule has 0 aliphatic carbocycles. The Bertz CT molecular complexity index is 813. The highest BCUT2D eigenvalue weighted by Gasteiger charge is 2.52. The van der Waals surface area contributed by atoms with Crippen LogP contribution in [0.5, 0.6) is 0 Å². The van der Waals surface area contributed by atoms with Gasteiger partial charge in [-0.3, -0.25) is 14.4 Å². The summed E-state index contributed by atoms with van der Waals surface area (Å²) >= 11 is 0. The molecule has 2 aliphatic heterocycles. The van der Waals surface area contributed by atoms with Crippen LogP contribution in [0.2, 0.25) is 18.1 Å². The molecule has 2 heterocycles. The Kier molecular flexibility index (Phi) is 10.6. The summed E-state index contributed by atoms with van der Waals surface area (Å²) in [7, 11) is -2.25. The first kappa shape index (κ1) is 31.6. The van der Waals surface area contributed by atoms with Crippen molar-refractivity contribution in [3.63, 3.8) is 0 Å². The normalized spacial score (nSPS) is 34.9. The van der Waals surface area contributed by atoms with Crippen LogP contribution in [-0.4, -0.2) is 110 Å². The molecule has 13 nitrogen and oxygen atoms in total. The van der Waals surface area contributed by atoms with Crippen molar-refractivity contribution in [1.29, 1.82) is 0 Å². The predicted octanol–water partition coefficient (Wildman–Crippen LogP) is -0.0162. The molecule has 0 radical (unpaired) electrons. The lowest BCUT2D eigenvalue weighted by Crippen LogP contribution is -2.64. The molecule has 3 N–H and O–H groups in total. The fraction of sp³-hybridized carbons (Fsp3) is 0.870. The average molecular weight is 553 g/mol. The predicted molar refractivity (Wildman–Crippen MR) is 127 cm³/mol. The van der Waals surface area contributed by atoms with Crippen molar-refractivity contribution in [2.75, 3.05) is 13.2 Å². The van der Waals surface area contributed by atoms with E-state index in [2.05, 4.69) is 0 Å². The zero-order chi connectivity index (χ0) is 28.3. The van der Waals surface area contributed by atoms with Crippen LogP contribution in [0.25, 0.3) is 0 Å². The van der Waals surface area contributed by atoms with Gasteiger partial charge in [-0.2, -0.15) is 0 Å². The third-order valence-corrected chi connectivity index (χ3v) is 11.2. The topological polar surface area (TPSA) is 177 Å². The van der Waals surface area contributed by atoms with Crippen molar-refractivity contribution in [1.82, 2.24) is 0 Å². The summed E-state index contributed by atoms with van der Waals surface area (Å²) in [6, 6.07) is 0. The Morgan fingerprint density at radius 3 is 1.92 bits per heavy atom. The monoisotopic (exact) mass is 552 g/mol. The first-order chi connectivity index (χ1) is 16.9. The SMILES string of the molecule is CC(=O)OC1C(OC(C)=O)[C@@H](OC(C)=O)CO[C@H]1OC1C(O)[C@@H](O)OC(CO[Si](C)(C)C(C)(C)C)[C@H]1O. The van der Waals surface area contributed by atoms with E-state index in [1.165, 1.54) is 0 Å². The first-order valence-corrected chi connectivity index (χ1v) is 15.0. The summed E-state index contributed by atoms with van der Waals surface area (Å²) in [5.74, 6) is -2.21. The van der Waals surface area contributed by atoms with Crippen LogP contribution >= 0.6 is 0 Å². The molecule has 0 bridgehead atoms. The number of rotatable bonds is 8. The Balaban J connectivity index is 2.27. The molecule has 2 rings (SSSR count). The highest BCUT2D eigenvalue weighted by atomic mass is 28.4. The standard InChI is InChI=1S/C23H40O13Si/c1-11(24)32-15-9-30-22(20(34-13(3)26)18(15)33-12(2)25)36-19-16(27)14(35-21(29)17(19)28)10-31-37(7,8)23(4,5)6/h14-22,27-29H,9-10H2,1-8H3/t14?,15-,16+,17?,18?,19?,20?,21-,22-/m0/s1. The van der Waals surface area contributed by atoms with Crippen LogP contribution in [0.1, 0.15) is 41.5 Å². The molecule has 0 aromatic rings. The number of hydrogen-bond donors (Lipinski definition) is 3. The van der Waals surface area contributed by atoms with Gasteiger partial charge < -0.3 is 48.2 Å². The quantitative estimate of drug-likeness (QED) is 0.208. The average Bonchev–Trinajstić information content (AvgIpc) is 2.74. The van der Waals surface area contributed by atoms with E-state index in [1.54, 1.807) is 0 Å². The van der Waals surface area contributed by atoms with Crippen molar-refractivity contribution in [2.45, 2.75) is 115 Å². The molecule has 214 valence electrons. The number of aliphatic hydroxyl groups excluding tert-OH is 3. The van der Waals surface area contributed by atoms with Crippen LogP contribution in [0.4, 0.5) is 0 Å². The van der Waals surface area contributed by atoms with E-state index >= 15 is 0 Å². The lowest BCUT2D eigenvalue weighted by molar-refractivity contribution is -0.344. The number of carbonyl (C=O) groups is 3. The molecule has 9 atom stereocenters. The Labute approximate surface area is 217 Å². The summed E-state index contributed by atoms with van der Waals surface area (Å²) in [6.07, 6.45) is -12.8. The van der Waals surface area contributed by atoms with Crippen molar-refractivity contribution < 1.29 is 62.6 Å². The van der Waals surface area contributed by atoms with Gasteiger partial charge in [0.15, 0.2) is 39.2 Å². The van der Waals surface area contributed by atoms with Crippen molar-refractivity contribution in [3.8, 4) is 0 Å². The summed E-state index contributed by atoms with van der Waals surface area (Å²) in [4.78, 5) is 35.2. The van der Waals surface area contributed by atoms with Gasteiger partial charge in [-0.1, -0.05) is 20.8 Å². The maximum Gasteiger partial charge on any atom is 0.303 e. The summed E-state index contributed by atoms with van der Waals surface area (Å²) < 4.78 is 38.7. The van der Waals surface area contributed by atoms with Gasteiger partial charge in [0.25, 0.3) is 0 Å². The maximum absolute atomic E-state index is 11.8. The minimum Gasteiger partial charge on any atom is -0.456 e. The van der Waals surface area contributed by atoms with E-state index in [4.69, 9.17) is 32.8 Å². The van der Waals surface area contributed by atoms with Gasteiger partial charge in [-0.05, 0) is 18.1 Å². The summed E-state index contributed by atoms with van der Waals surface area (Å²) in [6.45, 7) is 13.1. The Hall–Kier alpha value is -1.65. The fourth-order valence-corrected chi connectivity index (χ4v) is 4.72. The highest BCUT2D eigenvalue weighted by molar-refractivity contribution is 6.74. The summed E-state index contributed by atoms with van der Waals surface area (Å²) in [5.41, 5.74) is 0. The lowest BCUT2D eigenvalue weighted by atomic mass is 9.98. The number of aliphatic hydroxyl groups is 3. The minimum absolute atomic E-state index is 0.0786. The van der Waals surface area contributed by atoms with E-state index in [1.807, 2.05) is 33.9 Å². The van der Waals surface area contributed by atoms with Crippen molar-refractivity contribution >= 4 is 26.2 Å². The summed E-state index contributed by atoms with van der Waals surface area (Å²) in [5, 5.41) is 31.7. The second kappa shape index (κ2) is 12.5. The first-order valence-electron chi connectivity index (χ1n) is 12.1. The highest BCUT2D eigenvalue weighted by Crippen LogP contribution is 2.37. The largest absolute Gasteiger partial charge is 0.456 e. The molecule has 14 heteroatoms. The molecule has 2 saturated heterocycles. The van der Waals surface area contributed by atoms with Gasteiger partial charge in [-0.25, -0.2) is 0 Å². The van der Waals surface area contributed by atoms with E-state index in [0.717, 1.165) is 20.8 Å². The third-order valence-electron chi connectivity index (χ3n) is 6.67. The minimum atomic E-state index is -2.25. The van der Waals surface area contributed by atoms with Gasteiger partial charge in [-0.15, -0.1) is 0 Å². The molecule has 2 aliphatic rings. The molecule has 37 heavy (non-hydrogen) atoms. The number of carbonyl (C=O) groups excluding carboxylic acids is 3. The molecule has 0 spiro atoms. The zero-order valence-electron chi connectivity index (χ0n) is 22.5. The van der Waals surface area contributed by atoms with Gasteiger partial charge >= 0.3 is 17.9 Å². The molecule has 0 aromatic carbocycles. The van der Waals surface area contributed by atoms with E-state index in [9.17, 15) is 29.7 Å². The van der Waals surface area contributed by atoms with E-state index in [0.29, 0.717) is 0 Å². The lowest BCUT2D eigenvalue weighted by Gasteiger charge is -2.46. The molecule has 0 aromatic heterocycles. The molecule has 5 unspecified atom stereocenters. The van der Waals surface area contributed by atoms with Gasteiger partial charge in [0.05, 0.1) is 13.2 Å². The number of ether oxygens (including phenoxy) is 6. The van der Waals surface area contributed by atoms with Gasteiger partial charge in [0.1, 0.15) is 24.4 Å². The third kappa shape index (κ3) is 8.16. The fourth-order valence-electron chi connectivity index (χ4n) is 3.70. The second-order valence-corrected chi connectivity index (χ2v) is 15.5. The van der Waals surface area contributed by atoms with Crippen LogP contribution in [-0.2, 0) is 47.2 Å². The van der Waals surface area contributed by atoms with Crippen molar-refractivity contribution in [3.05, 3.63) is 0 Å². The van der Waals surface area contributed by atoms with Crippen LogP contribution in [0, 0.1) is 0 Å². The molecular formula is C23H40O13Si. The number of hydrogen-bond acceptors (Lipinski definition) is 13. The van der Waals surface area contributed by atoms with Crippen LogP contribution in [0.3, 0.4) is 0 Å². The van der Waals surface area contributed by atoms with Gasteiger partial charge in [0, 0.05) is 20.8 Å². The molecule has 0 saturated carbocycles. The van der Waals surface area contributed by atoms with Crippen LogP contribution in [0.15, 0.2) is 0 Å². The smallest absolute Gasteiger partial charge is 0.303 e. The maximum atomic E-state index is 11.8. The second-order valence-electron chi connectivity index (χ2n) is 10.7. The Morgan fingerprint density at radius 1 is 0.865 bits per heavy atom. The number of esters is 3. The van der Waals surface area contributed by atoms with Crippen LogP contribution < -0.4 is 0 Å².